The molecule has 0 bridgehead atoms. The predicted molar refractivity (Wildman–Crippen MR) is 84.2 cm³/mol. The van der Waals surface area contributed by atoms with E-state index in [1.54, 1.807) is 17.4 Å². The van der Waals surface area contributed by atoms with Gasteiger partial charge in [-0.15, -0.1) is 11.3 Å². The molecule has 1 heterocycles. The van der Waals surface area contributed by atoms with Gasteiger partial charge < -0.3 is 5.32 Å². The number of halogens is 2. The Morgan fingerprint density at radius 3 is 2.68 bits per heavy atom. The Labute approximate surface area is 127 Å². The van der Waals surface area contributed by atoms with Gasteiger partial charge in [0.2, 0.25) is 0 Å². The molecular weight excluding hydrogens is 299 g/mol. The van der Waals surface area contributed by atoms with Gasteiger partial charge >= 0.3 is 0 Å². The van der Waals surface area contributed by atoms with Crippen LogP contribution in [0.5, 0.6) is 0 Å². The van der Waals surface area contributed by atoms with Crippen LogP contribution in [0.4, 0.5) is 0 Å². The third-order valence-electron chi connectivity index (χ3n) is 2.55. The minimum atomic E-state index is 0.0829. The highest BCUT2D eigenvalue weighted by Crippen LogP contribution is 2.33. The Morgan fingerprint density at radius 2 is 2.00 bits per heavy atom. The van der Waals surface area contributed by atoms with E-state index in [2.05, 4.69) is 31.1 Å². The molecular formula is C14H16Cl2N2S. The zero-order valence-electron chi connectivity index (χ0n) is 11.1. The quantitative estimate of drug-likeness (QED) is 0.861. The lowest BCUT2D eigenvalue weighted by molar-refractivity contribution is 0.424. The van der Waals surface area contributed by atoms with Gasteiger partial charge in [0.1, 0.15) is 5.01 Å². The molecule has 0 unspecified atom stereocenters. The van der Waals surface area contributed by atoms with E-state index in [1.165, 1.54) is 0 Å². The maximum Gasteiger partial charge on any atom is 0.107 e. The molecule has 2 nitrogen and oxygen atoms in total. The van der Waals surface area contributed by atoms with Crippen LogP contribution in [0.1, 0.15) is 25.8 Å². The number of hydrogen-bond acceptors (Lipinski definition) is 3. The van der Waals surface area contributed by atoms with Gasteiger partial charge in [-0.3, -0.25) is 0 Å². The van der Waals surface area contributed by atoms with Crippen LogP contribution in [0, 0.1) is 0 Å². The summed E-state index contributed by atoms with van der Waals surface area (Å²) in [4.78, 5) is 4.60. The van der Waals surface area contributed by atoms with Crippen molar-refractivity contribution < 1.29 is 0 Å². The third kappa shape index (κ3) is 3.93. The molecule has 19 heavy (non-hydrogen) atoms. The molecule has 0 aliphatic rings. The molecule has 0 amide bonds. The van der Waals surface area contributed by atoms with E-state index in [0.717, 1.165) is 22.8 Å². The summed E-state index contributed by atoms with van der Waals surface area (Å²) >= 11 is 13.9. The van der Waals surface area contributed by atoms with Gasteiger partial charge in [0.05, 0.1) is 15.7 Å². The molecule has 0 saturated heterocycles. The summed E-state index contributed by atoms with van der Waals surface area (Å²) in [6.07, 6.45) is 0. The average Bonchev–Trinajstić information content (AvgIpc) is 2.78. The molecule has 5 heteroatoms. The second kappa shape index (κ2) is 5.80. The number of aromatic nitrogens is 1. The second-order valence-electron chi connectivity index (χ2n) is 5.33. The highest BCUT2D eigenvalue weighted by atomic mass is 35.5. The van der Waals surface area contributed by atoms with Crippen LogP contribution in [0.15, 0.2) is 23.6 Å². The number of nitrogens with one attached hydrogen (secondary N) is 1. The van der Waals surface area contributed by atoms with E-state index in [4.69, 9.17) is 23.2 Å². The summed E-state index contributed by atoms with van der Waals surface area (Å²) in [6.45, 7) is 7.16. The normalized spacial score (nSPS) is 11.8. The highest BCUT2D eigenvalue weighted by Gasteiger charge is 2.13. The van der Waals surface area contributed by atoms with E-state index in [9.17, 15) is 0 Å². The maximum atomic E-state index is 6.20. The molecule has 0 saturated carbocycles. The van der Waals surface area contributed by atoms with Crippen LogP contribution in [-0.4, -0.2) is 10.5 Å². The minimum Gasteiger partial charge on any atom is -0.306 e. The zero-order chi connectivity index (χ0) is 14.0. The van der Waals surface area contributed by atoms with Gasteiger partial charge in [-0.2, -0.15) is 0 Å². The third-order valence-corrected chi connectivity index (χ3v) is 4.22. The van der Waals surface area contributed by atoms with Crippen molar-refractivity contribution in [1.29, 1.82) is 0 Å². The van der Waals surface area contributed by atoms with Crippen LogP contribution < -0.4 is 5.32 Å². The lowest BCUT2D eigenvalue weighted by atomic mass is 10.1. The summed E-state index contributed by atoms with van der Waals surface area (Å²) < 4.78 is 0. The summed E-state index contributed by atoms with van der Waals surface area (Å²) in [5.74, 6) is 0. The van der Waals surface area contributed by atoms with Crippen molar-refractivity contribution in [3.8, 4) is 11.3 Å². The van der Waals surface area contributed by atoms with E-state index >= 15 is 0 Å². The molecule has 0 aliphatic heterocycles. The van der Waals surface area contributed by atoms with Gasteiger partial charge in [-0.25, -0.2) is 4.98 Å². The fraction of sp³-hybridized carbons (Fsp3) is 0.357. The summed E-state index contributed by atoms with van der Waals surface area (Å²) in [7, 11) is 0. The maximum absolute atomic E-state index is 6.20. The highest BCUT2D eigenvalue weighted by molar-refractivity contribution is 7.09. The lowest BCUT2D eigenvalue weighted by Crippen LogP contribution is -2.34. The molecule has 0 atom stereocenters. The largest absolute Gasteiger partial charge is 0.306 e. The molecule has 1 N–H and O–H groups in total. The molecule has 0 aliphatic carbocycles. The lowest BCUT2D eigenvalue weighted by Gasteiger charge is -2.19. The van der Waals surface area contributed by atoms with Gasteiger partial charge in [0.15, 0.2) is 0 Å². The molecule has 2 rings (SSSR count). The van der Waals surface area contributed by atoms with Crippen molar-refractivity contribution >= 4 is 34.5 Å². The summed E-state index contributed by atoms with van der Waals surface area (Å²) in [5, 5.41) is 7.59. The van der Waals surface area contributed by atoms with Gasteiger partial charge in [0, 0.05) is 23.0 Å². The van der Waals surface area contributed by atoms with Gasteiger partial charge in [0.25, 0.3) is 0 Å². The van der Waals surface area contributed by atoms with Crippen molar-refractivity contribution in [3.05, 3.63) is 38.6 Å². The van der Waals surface area contributed by atoms with Crippen LogP contribution in [0.3, 0.4) is 0 Å². The van der Waals surface area contributed by atoms with Crippen molar-refractivity contribution in [2.75, 3.05) is 0 Å². The van der Waals surface area contributed by atoms with Crippen molar-refractivity contribution in [2.45, 2.75) is 32.9 Å². The number of nitrogens with zero attached hydrogens (tertiary/aromatic N) is 1. The van der Waals surface area contributed by atoms with Crippen LogP contribution in [-0.2, 0) is 6.54 Å². The standard InChI is InChI=1S/C14H16Cl2N2S/c1-14(2,3)17-7-12-18-11(8-19-12)9-5-4-6-10(15)13(9)16/h4-6,8,17H,7H2,1-3H3. The topological polar surface area (TPSA) is 24.9 Å². The van der Waals surface area contributed by atoms with Gasteiger partial charge in [-0.1, -0.05) is 35.3 Å². The molecule has 1 aromatic heterocycles. The summed E-state index contributed by atoms with van der Waals surface area (Å²) in [5.41, 5.74) is 1.84. The molecule has 1 aromatic carbocycles. The Bertz CT molecular complexity index is 573. The van der Waals surface area contributed by atoms with E-state index in [0.29, 0.717) is 10.0 Å². The SMILES string of the molecule is CC(C)(C)NCc1nc(-c2cccc(Cl)c2Cl)cs1. The first-order valence-corrected chi connectivity index (χ1v) is 7.64. The summed E-state index contributed by atoms with van der Waals surface area (Å²) in [6, 6.07) is 5.60. The average molecular weight is 315 g/mol. The minimum absolute atomic E-state index is 0.0829. The monoisotopic (exact) mass is 314 g/mol. The molecule has 102 valence electrons. The molecule has 0 radical (unpaired) electrons. The zero-order valence-corrected chi connectivity index (χ0v) is 13.5. The van der Waals surface area contributed by atoms with Crippen LogP contribution in [0.25, 0.3) is 11.3 Å². The van der Waals surface area contributed by atoms with Crippen LogP contribution >= 0.6 is 34.5 Å². The van der Waals surface area contributed by atoms with Crippen molar-refractivity contribution in [2.24, 2.45) is 0 Å². The number of benzene rings is 1. The van der Waals surface area contributed by atoms with Crippen molar-refractivity contribution in [3.63, 3.8) is 0 Å². The molecule has 0 spiro atoms. The Hall–Kier alpha value is -0.610. The smallest absolute Gasteiger partial charge is 0.107 e. The number of rotatable bonds is 3. The first kappa shape index (κ1) is 14.8. The first-order valence-electron chi connectivity index (χ1n) is 6.00. The molecule has 2 aromatic rings. The number of thiazole rings is 1. The fourth-order valence-corrected chi connectivity index (χ4v) is 2.69. The van der Waals surface area contributed by atoms with Gasteiger partial charge in [-0.05, 0) is 26.8 Å². The van der Waals surface area contributed by atoms with Crippen molar-refractivity contribution in [1.82, 2.24) is 10.3 Å². The fourth-order valence-electron chi connectivity index (χ4n) is 1.56. The first-order chi connectivity index (χ1) is 8.87. The second-order valence-corrected chi connectivity index (χ2v) is 7.06. The Kier molecular flexibility index (Phi) is 4.51. The predicted octanol–water partition coefficient (Wildman–Crippen LogP) is 5.01. The van der Waals surface area contributed by atoms with E-state index in [1.807, 2.05) is 17.5 Å². The molecule has 0 fully saturated rings. The van der Waals surface area contributed by atoms with E-state index < -0.39 is 0 Å². The van der Waals surface area contributed by atoms with Crippen LogP contribution in [0.2, 0.25) is 10.0 Å². The van der Waals surface area contributed by atoms with E-state index in [-0.39, 0.29) is 5.54 Å². The Balaban J connectivity index is 2.19. The number of hydrogen-bond donors (Lipinski definition) is 1. The Morgan fingerprint density at radius 1 is 1.26 bits per heavy atom.